The van der Waals surface area contributed by atoms with Crippen molar-refractivity contribution in [3.63, 3.8) is 0 Å². The van der Waals surface area contributed by atoms with Gasteiger partial charge in [-0.25, -0.2) is 0 Å². The molecular formula is C21H19ClN2O3. The van der Waals surface area contributed by atoms with Crippen LogP contribution in [0.3, 0.4) is 0 Å². The molecule has 0 unspecified atom stereocenters. The Morgan fingerprint density at radius 3 is 2.52 bits per heavy atom. The monoisotopic (exact) mass is 382 g/mol. The molecule has 27 heavy (non-hydrogen) atoms. The van der Waals surface area contributed by atoms with Gasteiger partial charge in [-0.1, -0.05) is 35.9 Å². The van der Waals surface area contributed by atoms with Gasteiger partial charge in [-0.2, -0.15) is 0 Å². The molecule has 0 aliphatic rings. The number of non-ortho nitro benzene ring substituents is 1. The summed E-state index contributed by atoms with van der Waals surface area (Å²) in [6.07, 6.45) is 0. The smallest absolute Gasteiger partial charge is 0.269 e. The fourth-order valence-corrected chi connectivity index (χ4v) is 2.83. The molecule has 0 aliphatic carbocycles. The molecule has 0 atom stereocenters. The average Bonchev–Trinajstić information content (AvgIpc) is 2.68. The molecule has 0 fully saturated rings. The van der Waals surface area contributed by atoms with Crippen LogP contribution in [0.25, 0.3) is 0 Å². The Bertz CT molecular complexity index is 942. The zero-order valence-electron chi connectivity index (χ0n) is 14.8. The predicted molar refractivity (Wildman–Crippen MR) is 107 cm³/mol. The van der Waals surface area contributed by atoms with E-state index in [0.717, 1.165) is 33.1 Å². The minimum Gasteiger partial charge on any atom is -0.489 e. The van der Waals surface area contributed by atoms with Crippen LogP contribution in [0.1, 0.15) is 16.7 Å². The fraction of sp³-hybridized carbons (Fsp3) is 0.143. The first-order valence-electron chi connectivity index (χ1n) is 8.47. The van der Waals surface area contributed by atoms with Gasteiger partial charge in [-0.05, 0) is 48.4 Å². The van der Waals surface area contributed by atoms with Crippen LogP contribution in [0.15, 0.2) is 66.7 Å². The number of para-hydroxylation sites is 1. The van der Waals surface area contributed by atoms with Gasteiger partial charge in [0.25, 0.3) is 5.69 Å². The molecule has 6 heteroatoms. The molecule has 0 spiro atoms. The van der Waals surface area contributed by atoms with Crippen LogP contribution in [0, 0.1) is 17.0 Å². The largest absolute Gasteiger partial charge is 0.489 e. The van der Waals surface area contributed by atoms with E-state index in [1.54, 1.807) is 12.1 Å². The average molecular weight is 383 g/mol. The molecular weight excluding hydrogens is 364 g/mol. The van der Waals surface area contributed by atoms with Crippen molar-refractivity contribution < 1.29 is 9.66 Å². The maximum Gasteiger partial charge on any atom is 0.269 e. The van der Waals surface area contributed by atoms with E-state index in [4.69, 9.17) is 16.3 Å². The van der Waals surface area contributed by atoms with Crippen molar-refractivity contribution in [1.82, 2.24) is 0 Å². The molecule has 0 bridgehead atoms. The van der Waals surface area contributed by atoms with Gasteiger partial charge >= 0.3 is 0 Å². The van der Waals surface area contributed by atoms with E-state index in [0.29, 0.717) is 13.2 Å². The van der Waals surface area contributed by atoms with Crippen molar-refractivity contribution in [2.75, 3.05) is 5.32 Å². The number of hydrogen-bond donors (Lipinski definition) is 1. The van der Waals surface area contributed by atoms with Crippen LogP contribution < -0.4 is 10.1 Å². The predicted octanol–water partition coefficient (Wildman–Crippen LogP) is 5.75. The first-order valence-corrected chi connectivity index (χ1v) is 8.85. The number of nitro groups is 1. The Morgan fingerprint density at radius 2 is 1.78 bits per heavy atom. The summed E-state index contributed by atoms with van der Waals surface area (Å²) in [5.74, 6) is 0.767. The van der Waals surface area contributed by atoms with Gasteiger partial charge in [-0.3, -0.25) is 10.1 Å². The van der Waals surface area contributed by atoms with Gasteiger partial charge in [0, 0.05) is 35.0 Å². The second-order valence-electron chi connectivity index (χ2n) is 6.09. The van der Waals surface area contributed by atoms with Crippen molar-refractivity contribution in [3.8, 4) is 5.75 Å². The molecule has 0 radical (unpaired) electrons. The van der Waals surface area contributed by atoms with Gasteiger partial charge in [0.15, 0.2) is 0 Å². The van der Waals surface area contributed by atoms with Crippen molar-refractivity contribution in [1.29, 1.82) is 0 Å². The Morgan fingerprint density at radius 1 is 1.04 bits per heavy atom. The van der Waals surface area contributed by atoms with Gasteiger partial charge in [-0.15, -0.1) is 0 Å². The molecule has 0 saturated carbocycles. The minimum atomic E-state index is -0.413. The van der Waals surface area contributed by atoms with E-state index in [9.17, 15) is 10.1 Å². The van der Waals surface area contributed by atoms with E-state index in [2.05, 4.69) is 5.32 Å². The van der Waals surface area contributed by atoms with E-state index in [1.165, 1.54) is 12.1 Å². The van der Waals surface area contributed by atoms with Crippen molar-refractivity contribution in [2.24, 2.45) is 0 Å². The molecule has 1 N–H and O–H groups in total. The van der Waals surface area contributed by atoms with Gasteiger partial charge in [0.2, 0.25) is 0 Å². The fourth-order valence-electron chi connectivity index (χ4n) is 2.66. The van der Waals surface area contributed by atoms with Crippen molar-refractivity contribution in [2.45, 2.75) is 20.1 Å². The topological polar surface area (TPSA) is 64.4 Å². The number of rotatable bonds is 7. The summed E-state index contributed by atoms with van der Waals surface area (Å²) in [5.41, 5.74) is 3.93. The highest BCUT2D eigenvalue weighted by molar-refractivity contribution is 6.31. The summed E-state index contributed by atoms with van der Waals surface area (Å²) in [6, 6.07) is 19.9. The van der Waals surface area contributed by atoms with Gasteiger partial charge < -0.3 is 10.1 Å². The molecule has 5 nitrogen and oxygen atoms in total. The van der Waals surface area contributed by atoms with E-state index >= 15 is 0 Å². The highest BCUT2D eigenvalue weighted by atomic mass is 35.5. The van der Waals surface area contributed by atoms with Crippen molar-refractivity contribution in [3.05, 3.63) is 98.6 Å². The van der Waals surface area contributed by atoms with Crippen LogP contribution in [0.4, 0.5) is 11.4 Å². The van der Waals surface area contributed by atoms with Crippen LogP contribution in [-0.2, 0) is 13.2 Å². The molecule has 3 aromatic rings. The third kappa shape index (κ3) is 4.77. The van der Waals surface area contributed by atoms with Gasteiger partial charge in [0.1, 0.15) is 12.4 Å². The Hall–Kier alpha value is -3.05. The number of nitro benzene ring substituents is 1. The lowest BCUT2D eigenvalue weighted by Gasteiger charge is -2.14. The number of nitrogens with one attached hydrogen (secondary N) is 1. The second-order valence-corrected chi connectivity index (χ2v) is 6.49. The lowest BCUT2D eigenvalue weighted by Crippen LogP contribution is -2.04. The number of anilines is 1. The highest BCUT2D eigenvalue weighted by Crippen LogP contribution is 2.25. The summed E-state index contributed by atoms with van der Waals surface area (Å²) < 4.78 is 5.93. The highest BCUT2D eigenvalue weighted by Gasteiger charge is 2.07. The zero-order chi connectivity index (χ0) is 19.2. The summed E-state index contributed by atoms with van der Waals surface area (Å²) in [5, 5.41) is 14.8. The molecule has 0 heterocycles. The van der Waals surface area contributed by atoms with E-state index < -0.39 is 4.92 Å². The molecule has 3 rings (SSSR count). The second kappa shape index (κ2) is 8.56. The Kier molecular flexibility index (Phi) is 5.94. The van der Waals surface area contributed by atoms with Crippen LogP contribution in [0.5, 0.6) is 5.75 Å². The summed E-state index contributed by atoms with van der Waals surface area (Å²) in [6.45, 7) is 2.91. The number of nitrogens with zero attached hydrogens (tertiary/aromatic N) is 1. The normalized spacial score (nSPS) is 10.4. The van der Waals surface area contributed by atoms with E-state index in [-0.39, 0.29) is 5.69 Å². The van der Waals surface area contributed by atoms with Crippen LogP contribution >= 0.6 is 11.6 Å². The number of ether oxygens (including phenoxy) is 1. The van der Waals surface area contributed by atoms with Crippen LogP contribution in [0.2, 0.25) is 5.02 Å². The van der Waals surface area contributed by atoms with Gasteiger partial charge in [0.05, 0.1) is 4.92 Å². The Labute approximate surface area is 162 Å². The molecule has 0 aromatic heterocycles. The lowest BCUT2D eigenvalue weighted by atomic mass is 10.1. The first kappa shape index (κ1) is 18.7. The van der Waals surface area contributed by atoms with Crippen molar-refractivity contribution >= 4 is 23.0 Å². The zero-order valence-corrected chi connectivity index (χ0v) is 15.6. The third-order valence-electron chi connectivity index (χ3n) is 4.25. The number of halogens is 1. The lowest BCUT2D eigenvalue weighted by molar-refractivity contribution is -0.384. The molecule has 138 valence electrons. The number of benzene rings is 3. The van der Waals surface area contributed by atoms with Crippen LogP contribution in [-0.4, -0.2) is 4.92 Å². The summed E-state index contributed by atoms with van der Waals surface area (Å²) in [4.78, 5) is 10.3. The molecule has 0 amide bonds. The molecule has 0 saturated heterocycles. The minimum absolute atomic E-state index is 0.0697. The summed E-state index contributed by atoms with van der Waals surface area (Å²) in [7, 11) is 0. The maximum absolute atomic E-state index is 10.7. The first-order chi connectivity index (χ1) is 13.0. The standard InChI is InChI=1S/C21H19ClN2O3/c1-15-19(22)6-4-7-20(15)23-13-17-5-2-3-8-21(17)27-14-16-9-11-18(12-10-16)24(25)26/h2-12,23H,13-14H2,1H3. The maximum atomic E-state index is 10.7. The van der Waals surface area contributed by atoms with E-state index in [1.807, 2.05) is 49.4 Å². The third-order valence-corrected chi connectivity index (χ3v) is 4.66. The molecule has 0 aliphatic heterocycles. The summed E-state index contributed by atoms with van der Waals surface area (Å²) >= 11 is 6.17. The SMILES string of the molecule is Cc1c(Cl)cccc1NCc1ccccc1OCc1ccc([N+](=O)[O-])cc1. The Balaban J connectivity index is 1.66. The number of hydrogen-bond acceptors (Lipinski definition) is 4. The molecule has 3 aromatic carbocycles. The quantitative estimate of drug-likeness (QED) is 0.417.